The van der Waals surface area contributed by atoms with Crippen LogP contribution < -0.4 is 10.6 Å². The summed E-state index contributed by atoms with van der Waals surface area (Å²) in [5, 5.41) is 14.4. The van der Waals surface area contributed by atoms with Gasteiger partial charge in [0, 0.05) is 47.7 Å². The van der Waals surface area contributed by atoms with E-state index in [0.717, 1.165) is 28.6 Å². The summed E-state index contributed by atoms with van der Waals surface area (Å²) in [5.74, 6) is 0.0634. The van der Waals surface area contributed by atoms with Gasteiger partial charge in [0.25, 0.3) is 0 Å². The summed E-state index contributed by atoms with van der Waals surface area (Å²) in [7, 11) is 0. The maximum Gasteiger partial charge on any atom is 0.249 e. The number of rotatable bonds is 5. The summed E-state index contributed by atoms with van der Waals surface area (Å²) in [6.45, 7) is 1.94. The number of carbonyl (C=O) groups excluding carboxylic acids is 1. The second-order valence-electron chi connectivity index (χ2n) is 5.61. The minimum Gasteiger partial charge on any atom is -0.324 e. The average Bonchev–Trinajstić information content (AvgIpc) is 2.70. The lowest BCUT2D eigenvalue weighted by molar-refractivity contribution is -0.111. The van der Waals surface area contributed by atoms with Gasteiger partial charge in [0.1, 0.15) is 0 Å². The number of aryl methyl sites for hydroxylation is 1. The van der Waals surface area contributed by atoms with Gasteiger partial charge >= 0.3 is 0 Å². The molecule has 0 aliphatic carbocycles. The summed E-state index contributed by atoms with van der Waals surface area (Å²) >= 11 is 0. The lowest BCUT2D eigenvalue weighted by Crippen LogP contribution is -2.08. The van der Waals surface area contributed by atoms with Crippen LogP contribution in [0.15, 0.2) is 67.1 Å². The van der Waals surface area contributed by atoms with Crippen LogP contribution in [-0.4, -0.2) is 20.9 Å². The molecule has 2 N–H and O–H groups in total. The number of pyridine rings is 1. The maximum absolute atomic E-state index is 11.7. The van der Waals surface area contributed by atoms with Gasteiger partial charge in [0.15, 0.2) is 0 Å². The summed E-state index contributed by atoms with van der Waals surface area (Å²) in [4.78, 5) is 24.6. The van der Waals surface area contributed by atoms with Crippen LogP contribution in [0.4, 0.5) is 17.3 Å². The predicted molar refractivity (Wildman–Crippen MR) is 103 cm³/mol. The van der Waals surface area contributed by atoms with Crippen LogP contribution in [-0.2, 0) is 4.79 Å². The molecule has 1 amide bonds. The van der Waals surface area contributed by atoms with Crippen LogP contribution in [0.1, 0.15) is 5.56 Å². The standard InChI is InChI=1S/C20H16N6O/c1-14-6-7-16(24-19(27)5-2-9-21)12-18(14)26-20-23-11-8-17(25-20)15-4-3-10-22-13-15/h2-8,10-13H,1H3,(H,24,27)(H,23,25,26)/b5-2+. The Morgan fingerprint density at radius 2 is 2.11 bits per heavy atom. The van der Waals surface area contributed by atoms with Gasteiger partial charge in [-0.2, -0.15) is 5.26 Å². The Kier molecular flexibility index (Phi) is 5.50. The molecule has 3 rings (SSSR count). The largest absolute Gasteiger partial charge is 0.324 e. The number of anilines is 3. The van der Waals surface area contributed by atoms with Gasteiger partial charge in [-0.25, -0.2) is 9.97 Å². The number of hydrogen-bond donors (Lipinski definition) is 2. The van der Waals surface area contributed by atoms with Gasteiger partial charge < -0.3 is 10.6 Å². The van der Waals surface area contributed by atoms with Crippen LogP contribution in [0.25, 0.3) is 11.3 Å². The van der Waals surface area contributed by atoms with E-state index in [1.54, 1.807) is 36.8 Å². The molecular weight excluding hydrogens is 340 g/mol. The van der Waals surface area contributed by atoms with Crippen LogP contribution in [0.2, 0.25) is 0 Å². The third-order valence-electron chi connectivity index (χ3n) is 3.67. The first-order valence-electron chi connectivity index (χ1n) is 8.14. The summed E-state index contributed by atoms with van der Waals surface area (Å²) in [5.41, 5.74) is 3.98. The molecule has 27 heavy (non-hydrogen) atoms. The maximum atomic E-state index is 11.7. The lowest BCUT2D eigenvalue weighted by atomic mass is 10.1. The number of nitrogens with zero attached hydrogens (tertiary/aromatic N) is 4. The first-order chi connectivity index (χ1) is 13.2. The number of hydrogen-bond acceptors (Lipinski definition) is 6. The van der Waals surface area contributed by atoms with Gasteiger partial charge in [-0.15, -0.1) is 0 Å². The van der Waals surface area contributed by atoms with E-state index in [1.165, 1.54) is 6.08 Å². The predicted octanol–water partition coefficient (Wildman–Crippen LogP) is 3.61. The quantitative estimate of drug-likeness (QED) is 0.535. The van der Waals surface area contributed by atoms with Crippen molar-refractivity contribution in [2.75, 3.05) is 10.6 Å². The van der Waals surface area contributed by atoms with E-state index < -0.39 is 0 Å². The van der Waals surface area contributed by atoms with Crippen LogP contribution in [0, 0.1) is 18.3 Å². The topological polar surface area (TPSA) is 104 Å². The zero-order valence-electron chi connectivity index (χ0n) is 14.5. The molecule has 0 saturated heterocycles. The van der Waals surface area contributed by atoms with E-state index >= 15 is 0 Å². The number of allylic oxidation sites excluding steroid dienone is 1. The number of aromatic nitrogens is 3. The molecule has 132 valence electrons. The highest BCUT2D eigenvalue weighted by Gasteiger charge is 2.06. The number of amides is 1. The molecule has 0 saturated carbocycles. The lowest BCUT2D eigenvalue weighted by Gasteiger charge is -2.11. The molecule has 7 heteroatoms. The molecule has 0 spiro atoms. The van der Waals surface area contributed by atoms with Crippen molar-refractivity contribution >= 4 is 23.2 Å². The number of benzene rings is 1. The average molecular weight is 356 g/mol. The van der Waals surface area contributed by atoms with E-state index in [2.05, 4.69) is 25.6 Å². The van der Waals surface area contributed by atoms with Crippen LogP contribution in [0.3, 0.4) is 0 Å². The molecule has 0 radical (unpaired) electrons. The normalized spacial score (nSPS) is 10.4. The van der Waals surface area contributed by atoms with Crippen molar-refractivity contribution in [1.29, 1.82) is 5.26 Å². The number of nitriles is 1. The van der Waals surface area contributed by atoms with Crippen molar-refractivity contribution in [3.05, 3.63) is 72.7 Å². The highest BCUT2D eigenvalue weighted by atomic mass is 16.1. The SMILES string of the molecule is Cc1ccc(NC(=O)/C=C/C#N)cc1Nc1nccc(-c2cccnc2)n1. The zero-order chi connectivity index (χ0) is 19.1. The highest BCUT2D eigenvalue weighted by molar-refractivity contribution is 5.99. The molecule has 2 aromatic heterocycles. The summed E-state index contributed by atoms with van der Waals surface area (Å²) in [6.07, 6.45) is 7.42. The van der Waals surface area contributed by atoms with Crippen molar-refractivity contribution in [3.63, 3.8) is 0 Å². The van der Waals surface area contributed by atoms with Gasteiger partial charge in [-0.3, -0.25) is 9.78 Å². The molecule has 7 nitrogen and oxygen atoms in total. The molecule has 0 fully saturated rings. The third kappa shape index (κ3) is 4.74. The second-order valence-corrected chi connectivity index (χ2v) is 5.61. The van der Waals surface area contributed by atoms with Crippen molar-refractivity contribution in [1.82, 2.24) is 15.0 Å². The molecule has 0 bridgehead atoms. The molecule has 0 atom stereocenters. The Hall–Kier alpha value is -4.05. The smallest absolute Gasteiger partial charge is 0.249 e. The Labute approximate surface area is 156 Å². The first-order valence-corrected chi connectivity index (χ1v) is 8.14. The Morgan fingerprint density at radius 3 is 2.89 bits per heavy atom. The van der Waals surface area contributed by atoms with Gasteiger partial charge in [-0.1, -0.05) is 6.07 Å². The van der Waals surface area contributed by atoms with E-state index in [1.807, 2.05) is 31.2 Å². The van der Waals surface area contributed by atoms with Gasteiger partial charge in [-0.05, 0) is 42.8 Å². The minimum absolute atomic E-state index is 0.374. The highest BCUT2D eigenvalue weighted by Crippen LogP contribution is 2.24. The minimum atomic E-state index is -0.374. The number of nitrogens with one attached hydrogen (secondary N) is 2. The van der Waals surface area contributed by atoms with Crippen LogP contribution in [0.5, 0.6) is 0 Å². The molecule has 3 aromatic rings. The fourth-order valence-corrected chi connectivity index (χ4v) is 2.35. The monoisotopic (exact) mass is 356 g/mol. The number of carbonyl (C=O) groups is 1. The van der Waals surface area contributed by atoms with E-state index in [-0.39, 0.29) is 5.91 Å². The Balaban J connectivity index is 1.81. The molecule has 0 unspecified atom stereocenters. The Bertz CT molecular complexity index is 1020. The van der Waals surface area contributed by atoms with Crippen molar-refractivity contribution in [2.45, 2.75) is 6.92 Å². The van der Waals surface area contributed by atoms with Gasteiger partial charge in [0.05, 0.1) is 11.8 Å². The Morgan fingerprint density at radius 1 is 1.22 bits per heavy atom. The van der Waals surface area contributed by atoms with Crippen molar-refractivity contribution < 1.29 is 4.79 Å². The van der Waals surface area contributed by atoms with Crippen LogP contribution >= 0.6 is 0 Å². The summed E-state index contributed by atoms with van der Waals surface area (Å²) < 4.78 is 0. The molecule has 1 aromatic carbocycles. The molecule has 0 aliphatic heterocycles. The van der Waals surface area contributed by atoms with Crippen molar-refractivity contribution in [2.24, 2.45) is 0 Å². The fourth-order valence-electron chi connectivity index (χ4n) is 2.35. The molecule has 0 aliphatic rings. The summed E-state index contributed by atoms with van der Waals surface area (Å²) in [6, 6.07) is 12.8. The van der Waals surface area contributed by atoms with E-state index in [4.69, 9.17) is 5.26 Å². The molecular formula is C20H16N6O. The second kappa shape index (κ2) is 8.36. The third-order valence-corrected chi connectivity index (χ3v) is 3.67. The molecule has 2 heterocycles. The van der Waals surface area contributed by atoms with Gasteiger partial charge in [0.2, 0.25) is 11.9 Å². The zero-order valence-corrected chi connectivity index (χ0v) is 14.5. The van der Waals surface area contributed by atoms with E-state index in [0.29, 0.717) is 11.6 Å². The first kappa shape index (κ1) is 17.8. The van der Waals surface area contributed by atoms with Crippen molar-refractivity contribution in [3.8, 4) is 17.3 Å². The van der Waals surface area contributed by atoms with E-state index in [9.17, 15) is 4.79 Å². The fraction of sp³-hybridized carbons (Fsp3) is 0.0500.